The van der Waals surface area contributed by atoms with Crippen molar-refractivity contribution in [3.05, 3.63) is 66.8 Å². The fraction of sp³-hybridized carbons (Fsp3) is 0.348. The standard InChI is InChI=1S/C23H26N8/c1-2-30-16-20(23(29-30)18-4-3-8-25-14-18)21-7-11-26-22(28-21)12-17-13-27-31(15-17)19-5-9-24-10-6-19/h3-4,7-8,11,13-16,19,24H,2,5-6,9-10,12H2,1H3. The Balaban J connectivity index is 1.41. The number of aryl methyl sites for hydroxylation is 1. The van der Waals surface area contributed by atoms with Crippen LogP contribution in [0.2, 0.25) is 0 Å². The van der Waals surface area contributed by atoms with Crippen LogP contribution in [0.15, 0.2) is 55.4 Å². The summed E-state index contributed by atoms with van der Waals surface area (Å²) in [6.45, 7) is 4.97. The van der Waals surface area contributed by atoms with Gasteiger partial charge in [0.1, 0.15) is 11.5 Å². The molecule has 0 spiro atoms. The van der Waals surface area contributed by atoms with E-state index in [9.17, 15) is 0 Å². The van der Waals surface area contributed by atoms with Gasteiger partial charge in [-0.1, -0.05) is 0 Å². The molecule has 1 fully saturated rings. The maximum atomic E-state index is 4.86. The molecule has 31 heavy (non-hydrogen) atoms. The number of aromatic nitrogens is 7. The van der Waals surface area contributed by atoms with E-state index >= 15 is 0 Å². The van der Waals surface area contributed by atoms with Crippen molar-refractivity contribution in [3.63, 3.8) is 0 Å². The minimum atomic E-state index is 0.476. The SMILES string of the molecule is CCn1cc(-c2ccnc(Cc3cnn(C4CCNCC4)c3)n2)c(-c2cccnc2)n1. The summed E-state index contributed by atoms with van der Waals surface area (Å²) >= 11 is 0. The summed E-state index contributed by atoms with van der Waals surface area (Å²) in [5.41, 5.74) is 4.86. The third kappa shape index (κ3) is 4.25. The molecule has 5 heterocycles. The van der Waals surface area contributed by atoms with Crippen LogP contribution in [0.4, 0.5) is 0 Å². The second kappa shape index (κ2) is 8.77. The second-order valence-electron chi connectivity index (χ2n) is 7.83. The van der Waals surface area contributed by atoms with Gasteiger partial charge in [0.2, 0.25) is 0 Å². The highest BCUT2D eigenvalue weighted by Crippen LogP contribution is 2.29. The van der Waals surface area contributed by atoms with Gasteiger partial charge < -0.3 is 5.32 Å². The molecule has 0 unspecified atom stereocenters. The van der Waals surface area contributed by atoms with E-state index in [1.807, 2.05) is 47.7 Å². The number of nitrogens with one attached hydrogen (secondary N) is 1. The van der Waals surface area contributed by atoms with E-state index in [1.54, 1.807) is 6.20 Å². The molecule has 4 aromatic heterocycles. The fourth-order valence-corrected chi connectivity index (χ4v) is 4.04. The zero-order chi connectivity index (χ0) is 21.0. The van der Waals surface area contributed by atoms with E-state index < -0.39 is 0 Å². The molecule has 1 aliphatic rings. The van der Waals surface area contributed by atoms with Crippen molar-refractivity contribution in [3.8, 4) is 22.5 Å². The summed E-state index contributed by atoms with van der Waals surface area (Å²) in [6, 6.07) is 6.37. The monoisotopic (exact) mass is 414 g/mol. The Bertz CT molecular complexity index is 1140. The molecule has 5 rings (SSSR count). The molecule has 158 valence electrons. The van der Waals surface area contributed by atoms with Gasteiger partial charge in [-0.05, 0) is 56.6 Å². The Kier molecular flexibility index (Phi) is 5.54. The van der Waals surface area contributed by atoms with Crippen LogP contribution in [0.3, 0.4) is 0 Å². The normalized spacial score (nSPS) is 14.7. The van der Waals surface area contributed by atoms with Crippen LogP contribution in [0.5, 0.6) is 0 Å². The van der Waals surface area contributed by atoms with E-state index in [2.05, 4.69) is 38.2 Å². The Morgan fingerprint density at radius 3 is 2.81 bits per heavy atom. The zero-order valence-corrected chi connectivity index (χ0v) is 17.6. The minimum absolute atomic E-state index is 0.476. The Morgan fingerprint density at radius 2 is 2.00 bits per heavy atom. The van der Waals surface area contributed by atoms with Crippen LogP contribution in [0.25, 0.3) is 22.5 Å². The van der Waals surface area contributed by atoms with Gasteiger partial charge in [-0.25, -0.2) is 9.97 Å². The lowest BCUT2D eigenvalue weighted by atomic mass is 10.1. The summed E-state index contributed by atoms with van der Waals surface area (Å²) in [5.74, 6) is 0.781. The van der Waals surface area contributed by atoms with Gasteiger partial charge in [0, 0.05) is 55.1 Å². The van der Waals surface area contributed by atoms with E-state index in [0.717, 1.165) is 66.4 Å². The molecule has 4 aromatic rings. The molecule has 0 amide bonds. The van der Waals surface area contributed by atoms with E-state index in [0.29, 0.717) is 12.5 Å². The molecule has 0 saturated carbocycles. The fourth-order valence-electron chi connectivity index (χ4n) is 4.04. The lowest BCUT2D eigenvalue weighted by molar-refractivity contribution is 0.343. The topological polar surface area (TPSA) is 86.3 Å². The maximum Gasteiger partial charge on any atom is 0.133 e. The molecule has 0 bridgehead atoms. The molecule has 8 heteroatoms. The first-order valence-electron chi connectivity index (χ1n) is 10.8. The average Bonchev–Trinajstić information content (AvgIpc) is 3.48. The lowest BCUT2D eigenvalue weighted by Crippen LogP contribution is -2.29. The maximum absolute atomic E-state index is 4.86. The molecule has 0 atom stereocenters. The summed E-state index contributed by atoms with van der Waals surface area (Å²) < 4.78 is 4.04. The number of hydrogen-bond donors (Lipinski definition) is 1. The first-order valence-corrected chi connectivity index (χ1v) is 10.8. The quantitative estimate of drug-likeness (QED) is 0.522. The first kappa shape index (κ1) is 19.6. The molecule has 0 aliphatic carbocycles. The molecule has 1 saturated heterocycles. The van der Waals surface area contributed by atoms with Gasteiger partial charge in [-0.2, -0.15) is 10.2 Å². The van der Waals surface area contributed by atoms with Crippen molar-refractivity contribution < 1.29 is 0 Å². The van der Waals surface area contributed by atoms with Crippen molar-refractivity contribution >= 4 is 0 Å². The zero-order valence-electron chi connectivity index (χ0n) is 17.6. The summed E-state index contributed by atoms with van der Waals surface area (Å²) in [4.78, 5) is 13.6. The Hall–Kier alpha value is -3.39. The molecule has 1 aliphatic heterocycles. The van der Waals surface area contributed by atoms with Gasteiger partial charge in [-0.3, -0.25) is 14.3 Å². The highest BCUT2D eigenvalue weighted by molar-refractivity contribution is 5.78. The summed E-state index contributed by atoms with van der Waals surface area (Å²) in [6.07, 6.45) is 14.4. The van der Waals surface area contributed by atoms with Gasteiger partial charge in [-0.15, -0.1) is 0 Å². The summed E-state index contributed by atoms with van der Waals surface area (Å²) in [5, 5.41) is 12.7. The van der Waals surface area contributed by atoms with Crippen LogP contribution >= 0.6 is 0 Å². The van der Waals surface area contributed by atoms with Gasteiger partial charge in [0.05, 0.1) is 17.9 Å². The van der Waals surface area contributed by atoms with Gasteiger partial charge in [0.15, 0.2) is 0 Å². The van der Waals surface area contributed by atoms with E-state index in [1.165, 1.54) is 0 Å². The molecule has 0 aromatic carbocycles. The highest BCUT2D eigenvalue weighted by Gasteiger charge is 2.17. The van der Waals surface area contributed by atoms with Crippen molar-refractivity contribution in [2.75, 3.05) is 13.1 Å². The molecule has 0 radical (unpaired) electrons. The average molecular weight is 415 g/mol. The first-order chi connectivity index (χ1) is 15.3. The highest BCUT2D eigenvalue weighted by atomic mass is 15.3. The summed E-state index contributed by atoms with van der Waals surface area (Å²) in [7, 11) is 0. The van der Waals surface area contributed by atoms with Crippen LogP contribution < -0.4 is 5.32 Å². The predicted octanol–water partition coefficient (Wildman–Crippen LogP) is 3.13. The van der Waals surface area contributed by atoms with Crippen molar-refractivity contribution in [1.29, 1.82) is 0 Å². The van der Waals surface area contributed by atoms with Crippen LogP contribution in [-0.2, 0) is 13.0 Å². The van der Waals surface area contributed by atoms with Crippen molar-refractivity contribution in [1.82, 2.24) is 39.8 Å². The molecule has 1 N–H and O–H groups in total. The smallest absolute Gasteiger partial charge is 0.133 e. The number of nitrogens with zero attached hydrogens (tertiary/aromatic N) is 7. The third-order valence-corrected chi connectivity index (χ3v) is 5.70. The van der Waals surface area contributed by atoms with Gasteiger partial charge >= 0.3 is 0 Å². The number of hydrogen-bond acceptors (Lipinski definition) is 6. The molecular weight excluding hydrogens is 388 g/mol. The van der Waals surface area contributed by atoms with E-state index in [-0.39, 0.29) is 0 Å². The lowest BCUT2D eigenvalue weighted by Gasteiger charge is -2.22. The van der Waals surface area contributed by atoms with Gasteiger partial charge in [0.25, 0.3) is 0 Å². The Labute approximate surface area is 181 Å². The van der Waals surface area contributed by atoms with Crippen molar-refractivity contribution in [2.45, 2.75) is 38.8 Å². The molecular formula is C23H26N8. The van der Waals surface area contributed by atoms with Crippen LogP contribution in [0.1, 0.15) is 37.2 Å². The van der Waals surface area contributed by atoms with Crippen molar-refractivity contribution in [2.24, 2.45) is 0 Å². The predicted molar refractivity (Wildman–Crippen MR) is 118 cm³/mol. The number of rotatable bonds is 6. The third-order valence-electron chi connectivity index (χ3n) is 5.70. The van der Waals surface area contributed by atoms with E-state index in [4.69, 9.17) is 10.1 Å². The molecule has 8 nitrogen and oxygen atoms in total. The Morgan fingerprint density at radius 1 is 1.10 bits per heavy atom. The number of pyridine rings is 1. The van der Waals surface area contributed by atoms with Crippen LogP contribution in [0, 0.1) is 0 Å². The largest absolute Gasteiger partial charge is 0.317 e. The second-order valence-corrected chi connectivity index (χ2v) is 7.83. The van der Waals surface area contributed by atoms with Crippen LogP contribution in [-0.4, -0.2) is 47.6 Å². The minimum Gasteiger partial charge on any atom is -0.317 e. The number of piperidine rings is 1.